The third-order valence-electron chi connectivity index (χ3n) is 13.3. The van der Waals surface area contributed by atoms with E-state index in [1.165, 1.54) is 87.5 Å². The van der Waals surface area contributed by atoms with Crippen LogP contribution in [0.3, 0.4) is 0 Å². The summed E-state index contributed by atoms with van der Waals surface area (Å²) in [5, 5.41) is 9.87. The van der Waals surface area contributed by atoms with Crippen LogP contribution in [0.1, 0.15) is 16.7 Å². The number of benzene rings is 11. The Kier molecular flexibility index (Phi) is 10.1. The maximum atomic E-state index is 6.83. The van der Waals surface area contributed by atoms with E-state index in [1.807, 2.05) is 30.3 Å². The normalized spacial score (nSPS) is 12.2. The van der Waals surface area contributed by atoms with Crippen LogP contribution in [0.25, 0.3) is 98.9 Å². The van der Waals surface area contributed by atoms with Gasteiger partial charge in [0.1, 0.15) is 5.84 Å². The van der Waals surface area contributed by atoms with E-state index in [4.69, 9.17) is 10.7 Å². The summed E-state index contributed by atoms with van der Waals surface area (Å²) in [7, 11) is 0. The van der Waals surface area contributed by atoms with E-state index in [2.05, 4.69) is 223 Å². The molecule has 316 valence electrons. The highest BCUT2D eigenvalue weighted by Crippen LogP contribution is 2.46. The number of aliphatic imine (C=N–C) groups is 1. The molecule has 3 nitrogen and oxygen atoms in total. The summed E-state index contributed by atoms with van der Waals surface area (Å²) in [4.78, 5) is 5.18. The van der Waals surface area contributed by atoms with Crippen molar-refractivity contribution < 1.29 is 0 Å². The van der Waals surface area contributed by atoms with Gasteiger partial charge < -0.3 is 10.3 Å². The average molecular weight is 856 g/mol. The van der Waals surface area contributed by atoms with Crippen molar-refractivity contribution in [1.82, 2.24) is 4.57 Å². The molecule has 0 saturated carbocycles. The minimum absolute atomic E-state index is 0.476. The molecule has 11 aromatic carbocycles. The van der Waals surface area contributed by atoms with E-state index in [-0.39, 0.29) is 0 Å². The quantitative estimate of drug-likeness (QED) is 0.0668. The molecule has 0 atom stereocenters. The van der Waals surface area contributed by atoms with E-state index < -0.39 is 0 Å². The lowest BCUT2D eigenvalue weighted by Crippen LogP contribution is -2.13. The Balaban J connectivity index is 0.982. The van der Waals surface area contributed by atoms with Gasteiger partial charge in [0.05, 0.1) is 16.7 Å². The van der Waals surface area contributed by atoms with Crippen molar-refractivity contribution in [1.29, 1.82) is 0 Å². The number of para-hydroxylation sites is 2. The van der Waals surface area contributed by atoms with Crippen LogP contribution in [-0.4, -0.2) is 10.4 Å². The van der Waals surface area contributed by atoms with Crippen LogP contribution in [-0.2, 0) is 6.42 Å². The first-order chi connectivity index (χ1) is 33.2. The van der Waals surface area contributed by atoms with Gasteiger partial charge in [-0.1, -0.05) is 218 Å². The van der Waals surface area contributed by atoms with Gasteiger partial charge in [0.25, 0.3) is 0 Å². The van der Waals surface area contributed by atoms with Gasteiger partial charge in [-0.2, -0.15) is 0 Å². The van der Waals surface area contributed by atoms with Gasteiger partial charge in [-0.25, -0.2) is 4.99 Å². The molecule has 0 fully saturated rings. The largest absolute Gasteiger partial charge is 0.383 e. The molecule has 12 aromatic rings. The number of amidine groups is 1. The topological polar surface area (TPSA) is 43.3 Å². The van der Waals surface area contributed by atoms with Crippen molar-refractivity contribution >= 4 is 65.7 Å². The van der Waals surface area contributed by atoms with Gasteiger partial charge in [0.2, 0.25) is 0 Å². The smallest absolute Gasteiger partial charge is 0.131 e. The zero-order chi connectivity index (χ0) is 44.7. The van der Waals surface area contributed by atoms with Gasteiger partial charge in [-0.05, 0) is 114 Å². The van der Waals surface area contributed by atoms with E-state index >= 15 is 0 Å². The number of allylic oxidation sites excluding steroid dienone is 1. The van der Waals surface area contributed by atoms with Crippen LogP contribution in [0.15, 0.2) is 254 Å². The molecule has 3 heteroatoms. The second-order valence-electron chi connectivity index (χ2n) is 17.2. The van der Waals surface area contributed by atoms with E-state index in [0.29, 0.717) is 12.3 Å². The fraction of sp³-hybridized carbons (Fsp3) is 0.0156. The van der Waals surface area contributed by atoms with Gasteiger partial charge in [-0.3, -0.25) is 0 Å². The minimum Gasteiger partial charge on any atom is -0.383 e. The summed E-state index contributed by atoms with van der Waals surface area (Å²) in [6.45, 7) is 0. The summed E-state index contributed by atoms with van der Waals surface area (Å²) in [5.74, 6) is 0.476. The molecule has 0 aliphatic rings. The zero-order valence-electron chi connectivity index (χ0n) is 36.9. The van der Waals surface area contributed by atoms with Crippen LogP contribution >= 0.6 is 0 Å². The Morgan fingerprint density at radius 2 is 1.00 bits per heavy atom. The predicted molar refractivity (Wildman–Crippen MR) is 285 cm³/mol. The molecule has 12 rings (SSSR count). The Hall–Kier alpha value is -8.79. The number of rotatable bonds is 9. The molecular weight excluding hydrogens is 811 g/mol. The third-order valence-corrected chi connectivity index (χ3v) is 13.3. The lowest BCUT2D eigenvalue weighted by molar-refractivity contribution is 1.18. The fourth-order valence-corrected chi connectivity index (χ4v) is 10.2. The molecule has 67 heavy (non-hydrogen) atoms. The van der Waals surface area contributed by atoms with Crippen LogP contribution in [0.4, 0.5) is 0 Å². The lowest BCUT2D eigenvalue weighted by atomic mass is 9.84. The standard InChI is InChI=1S/C64H45N3/c65-64(48-22-6-2-7-23-48)66-58(40-37-43-18-10-12-26-51(43)49-38-41-60-57(42-49)53-28-16-17-31-59(53)67(60)50-24-8-3-9-25-50)45-32-34-47(35-33-45)62-55-30-15-14-29-54(55)61(46-20-4-1-5-21-46)56-39-36-44-19-11-13-27-52(44)63(56)62/h1-36,38-42H,37H2,(H2,65,66)/b58-40-. The van der Waals surface area contributed by atoms with Crippen LogP contribution in [0, 0.1) is 0 Å². The van der Waals surface area contributed by atoms with Gasteiger partial charge in [0.15, 0.2) is 0 Å². The number of hydrogen-bond donors (Lipinski definition) is 1. The second kappa shape index (κ2) is 17.0. The molecule has 0 radical (unpaired) electrons. The third kappa shape index (κ3) is 7.15. The number of hydrogen-bond acceptors (Lipinski definition) is 1. The monoisotopic (exact) mass is 855 g/mol. The van der Waals surface area contributed by atoms with Crippen molar-refractivity contribution in [2.75, 3.05) is 0 Å². The lowest BCUT2D eigenvalue weighted by Gasteiger charge is -2.19. The highest BCUT2D eigenvalue weighted by atomic mass is 15.0. The predicted octanol–water partition coefficient (Wildman–Crippen LogP) is 16.2. The van der Waals surface area contributed by atoms with Crippen molar-refractivity contribution in [2.24, 2.45) is 10.7 Å². The van der Waals surface area contributed by atoms with Gasteiger partial charge in [-0.15, -0.1) is 0 Å². The number of aromatic nitrogens is 1. The first-order valence-electron chi connectivity index (χ1n) is 23.0. The Morgan fingerprint density at radius 3 is 1.78 bits per heavy atom. The minimum atomic E-state index is 0.476. The van der Waals surface area contributed by atoms with Crippen LogP contribution in [0.5, 0.6) is 0 Å². The first-order valence-corrected chi connectivity index (χ1v) is 23.0. The molecular formula is C64H45N3. The number of nitrogens with two attached hydrogens (primary N) is 1. The fourth-order valence-electron chi connectivity index (χ4n) is 10.2. The van der Waals surface area contributed by atoms with Gasteiger partial charge in [0, 0.05) is 22.0 Å². The first kappa shape index (κ1) is 39.8. The summed E-state index contributed by atoms with van der Waals surface area (Å²) >= 11 is 0. The molecule has 0 saturated heterocycles. The Bertz CT molecular complexity index is 3860. The number of nitrogens with zero attached hydrogens (tertiary/aromatic N) is 2. The maximum absolute atomic E-state index is 6.83. The highest BCUT2D eigenvalue weighted by Gasteiger charge is 2.19. The summed E-state index contributed by atoms with van der Waals surface area (Å²) in [5.41, 5.74) is 21.5. The molecule has 0 spiro atoms. The van der Waals surface area contributed by atoms with Crippen molar-refractivity contribution in [2.45, 2.75) is 6.42 Å². The van der Waals surface area contributed by atoms with E-state index in [0.717, 1.165) is 28.1 Å². The highest BCUT2D eigenvalue weighted by molar-refractivity contribution is 6.28. The summed E-state index contributed by atoms with van der Waals surface area (Å²) in [6, 6.07) is 86.9. The molecule has 0 unspecified atom stereocenters. The molecule has 0 aliphatic heterocycles. The number of fused-ring (bicyclic) bond motifs is 7. The summed E-state index contributed by atoms with van der Waals surface area (Å²) in [6.07, 6.45) is 2.89. The van der Waals surface area contributed by atoms with Crippen LogP contribution in [0.2, 0.25) is 0 Å². The molecule has 1 aromatic heterocycles. The van der Waals surface area contributed by atoms with Crippen molar-refractivity contribution in [3.05, 3.63) is 265 Å². The molecule has 1 heterocycles. The molecule has 0 amide bonds. The molecule has 0 aliphatic carbocycles. The second-order valence-corrected chi connectivity index (χ2v) is 17.2. The Labute approximate surface area is 390 Å². The van der Waals surface area contributed by atoms with Crippen molar-refractivity contribution in [3.63, 3.8) is 0 Å². The average Bonchev–Trinajstić information content (AvgIpc) is 3.73. The van der Waals surface area contributed by atoms with E-state index in [1.54, 1.807) is 0 Å². The molecule has 0 bridgehead atoms. The summed E-state index contributed by atoms with van der Waals surface area (Å²) < 4.78 is 2.36. The zero-order valence-corrected chi connectivity index (χ0v) is 36.9. The van der Waals surface area contributed by atoms with Crippen LogP contribution < -0.4 is 5.73 Å². The molecule has 2 N–H and O–H groups in total. The van der Waals surface area contributed by atoms with Crippen molar-refractivity contribution in [3.8, 4) is 39.1 Å². The maximum Gasteiger partial charge on any atom is 0.131 e. The Morgan fingerprint density at radius 1 is 0.418 bits per heavy atom. The van der Waals surface area contributed by atoms with E-state index in [9.17, 15) is 0 Å². The SMILES string of the molecule is NC(=N/C(=C\Cc1ccccc1-c1ccc2c(c1)c1ccccc1n2-c1ccccc1)c1ccc(-c2c3ccccc3c(-c3ccccc3)c3ccc4ccccc4c23)cc1)c1ccccc1. The van der Waals surface area contributed by atoms with Gasteiger partial charge >= 0.3 is 0 Å².